The second kappa shape index (κ2) is 7.51. The van der Waals surface area contributed by atoms with Crippen LogP contribution in [0.3, 0.4) is 0 Å². The Hall–Kier alpha value is -1.31. The van der Waals surface area contributed by atoms with Crippen LogP contribution in [-0.2, 0) is 0 Å². The van der Waals surface area contributed by atoms with Crippen molar-refractivity contribution >= 4 is 52.8 Å². The molecule has 25 heavy (non-hydrogen) atoms. The third kappa shape index (κ3) is 4.86. The molecule has 2 rings (SSSR count). The highest BCUT2D eigenvalue weighted by Crippen LogP contribution is 2.38. The van der Waals surface area contributed by atoms with Gasteiger partial charge in [0.1, 0.15) is 11.6 Å². The summed E-state index contributed by atoms with van der Waals surface area (Å²) in [5, 5.41) is 14.8. The fourth-order valence-corrected chi connectivity index (χ4v) is 4.55. The van der Waals surface area contributed by atoms with Crippen LogP contribution >= 0.6 is 27.3 Å². The van der Waals surface area contributed by atoms with E-state index in [0.717, 1.165) is 25.8 Å². The van der Waals surface area contributed by atoms with Gasteiger partial charge in [0.15, 0.2) is 0 Å². The van der Waals surface area contributed by atoms with Crippen LogP contribution in [0.1, 0.15) is 25.6 Å². The van der Waals surface area contributed by atoms with Crippen molar-refractivity contribution in [1.29, 1.82) is 5.41 Å². The molecule has 3 N–H and O–H groups in total. The van der Waals surface area contributed by atoms with Crippen molar-refractivity contribution in [3.63, 3.8) is 0 Å². The van der Waals surface area contributed by atoms with Crippen LogP contribution in [0.4, 0.5) is 11.4 Å². The predicted octanol–water partition coefficient (Wildman–Crippen LogP) is 6.37. The van der Waals surface area contributed by atoms with E-state index >= 15 is 0 Å². The lowest BCUT2D eigenvalue weighted by atomic mass is 10.2. The topological polar surface area (TPSA) is 57.1 Å². The fourth-order valence-electron chi connectivity index (χ4n) is 2.02. The minimum atomic E-state index is -1.88. The SMILES string of the molecule is CNc1cc(Br)sc1C(=N)Nc1cccc(O[Si](C)(C)C(C)(C)C)c1. The third-order valence-corrected chi connectivity index (χ3v) is 10.5. The molecule has 136 valence electrons. The van der Waals surface area contributed by atoms with E-state index in [1.165, 1.54) is 11.3 Å². The van der Waals surface area contributed by atoms with Gasteiger partial charge in [0.2, 0.25) is 8.32 Å². The van der Waals surface area contributed by atoms with Crippen molar-refractivity contribution in [2.24, 2.45) is 0 Å². The van der Waals surface area contributed by atoms with E-state index in [-0.39, 0.29) is 5.04 Å². The molecule has 0 amide bonds. The number of hydrogen-bond donors (Lipinski definition) is 3. The molecule has 7 heteroatoms. The summed E-state index contributed by atoms with van der Waals surface area (Å²) in [4.78, 5) is 0.866. The normalized spacial score (nSPS) is 12.0. The summed E-state index contributed by atoms with van der Waals surface area (Å²) in [6.07, 6.45) is 0. The third-order valence-electron chi connectivity index (χ3n) is 4.48. The molecule has 0 fully saturated rings. The van der Waals surface area contributed by atoms with E-state index in [1.807, 2.05) is 37.4 Å². The molecule has 0 bridgehead atoms. The molecule has 1 aromatic heterocycles. The number of nitrogens with one attached hydrogen (secondary N) is 3. The van der Waals surface area contributed by atoms with Crippen LogP contribution in [-0.4, -0.2) is 21.2 Å². The van der Waals surface area contributed by atoms with Crippen LogP contribution in [0.2, 0.25) is 18.1 Å². The quantitative estimate of drug-likeness (QED) is 0.288. The maximum atomic E-state index is 8.38. The molecule has 1 heterocycles. The van der Waals surface area contributed by atoms with E-state index in [0.29, 0.717) is 5.84 Å². The number of halogens is 1. The Morgan fingerprint density at radius 2 is 1.92 bits per heavy atom. The number of benzene rings is 1. The van der Waals surface area contributed by atoms with E-state index < -0.39 is 8.32 Å². The lowest BCUT2D eigenvalue weighted by Crippen LogP contribution is -2.43. The van der Waals surface area contributed by atoms with Crippen molar-refractivity contribution in [2.75, 3.05) is 17.7 Å². The molecule has 0 saturated carbocycles. The highest BCUT2D eigenvalue weighted by Gasteiger charge is 2.38. The van der Waals surface area contributed by atoms with Gasteiger partial charge in [0, 0.05) is 18.8 Å². The van der Waals surface area contributed by atoms with E-state index in [1.54, 1.807) is 0 Å². The number of hydrogen-bond acceptors (Lipinski definition) is 4. The summed E-state index contributed by atoms with van der Waals surface area (Å²) >= 11 is 5.01. The van der Waals surface area contributed by atoms with E-state index in [9.17, 15) is 0 Å². The summed E-state index contributed by atoms with van der Waals surface area (Å²) in [5.74, 6) is 1.22. The van der Waals surface area contributed by atoms with Crippen LogP contribution < -0.4 is 15.1 Å². The Balaban J connectivity index is 2.18. The first-order chi connectivity index (χ1) is 11.5. The van der Waals surface area contributed by atoms with Gasteiger partial charge < -0.3 is 15.1 Å². The zero-order valence-corrected chi connectivity index (χ0v) is 19.0. The molecule has 0 unspecified atom stereocenters. The molecule has 0 aliphatic carbocycles. The zero-order chi connectivity index (χ0) is 18.8. The molecule has 0 atom stereocenters. The van der Waals surface area contributed by atoms with Crippen molar-refractivity contribution in [3.8, 4) is 5.75 Å². The summed E-state index contributed by atoms with van der Waals surface area (Å²) in [7, 11) is -0.0195. The molecule has 0 aliphatic heterocycles. The van der Waals surface area contributed by atoms with E-state index in [2.05, 4.69) is 60.4 Å². The smallest absolute Gasteiger partial charge is 0.250 e. The van der Waals surface area contributed by atoms with Gasteiger partial charge in [-0.15, -0.1) is 11.3 Å². The van der Waals surface area contributed by atoms with Gasteiger partial charge in [-0.2, -0.15) is 0 Å². The van der Waals surface area contributed by atoms with E-state index in [4.69, 9.17) is 9.84 Å². The summed E-state index contributed by atoms with van der Waals surface area (Å²) in [6.45, 7) is 11.1. The van der Waals surface area contributed by atoms with Gasteiger partial charge in [0.05, 0.1) is 14.4 Å². The molecule has 0 radical (unpaired) electrons. The summed E-state index contributed by atoms with van der Waals surface area (Å²) in [5.41, 5.74) is 1.79. The maximum Gasteiger partial charge on any atom is 0.250 e. The minimum absolute atomic E-state index is 0.147. The van der Waals surface area contributed by atoms with Crippen LogP contribution in [0, 0.1) is 5.41 Å². The standard InChI is InChI=1S/C18H26BrN3OSSi/c1-18(2,3)25(5,6)23-13-9-7-8-12(10-13)22-17(20)16-14(21-4)11-15(19)24-16/h7-11,21H,1-6H3,(H2,20,22). The predicted molar refractivity (Wildman–Crippen MR) is 116 cm³/mol. The van der Waals surface area contributed by atoms with Crippen LogP contribution in [0.25, 0.3) is 0 Å². The van der Waals surface area contributed by atoms with Crippen molar-refractivity contribution in [1.82, 2.24) is 0 Å². The molecule has 2 aromatic rings. The Morgan fingerprint density at radius 3 is 2.52 bits per heavy atom. The first kappa shape index (κ1) is 20.0. The number of amidine groups is 1. The first-order valence-corrected chi connectivity index (χ1v) is 12.7. The molecule has 0 saturated heterocycles. The lowest BCUT2D eigenvalue weighted by Gasteiger charge is -2.36. The second-order valence-corrected chi connectivity index (χ2v) is 14.6. The molecular weight excluding hydrogens is 414 g/mol. The molecule has 1 aromatic carbocycles. The van der Waals surface area contributed by atoms with Gasteiger partial charge in [-0.25, -0.2) is 0 Å². The van der Waals surface area contributed by atoms with Gasteiger partial charge >= 0.3 is 0 Å². The van der Waals surface area contributed by atoms with Gasteiger partial charge in [0.25, 0.3) is 0 Å². The number of rotatable bonds is 5. The molecule has 0 aliphatic rings. The Bertz CT molecular complexity index is 768. The van der Waals surface area contributed by atoms with Gasteiger partial charge in [-0.05, 0) is 52.3 Å². The van der Waals surface area contributed by atoms with Crippen LogP contribution in [0.15, 0.2) is 34.1 Å². The highest BCUT2D eigenvalue weighted by molar-refractivity contribution is 9.11. The van der Waals surface area contributed by atoms with Crippen molar-refractivity contribution in [2.45, 2.75) is 38.9 Å². The van der Waals surface area contributed by atoms with Gasteiger partial charge in [-0.3, -0.25) is 5.41 Å². The highest BCUT2D eigenvalue weighted by atomic mass is 79.9. The maximum absolute atomic E-state index is 8.38. The Labute approximate surface area is 163 Å². The number of thiophene rings is 1. The van der Waals surface area contributed by atoms with Crippen LogP contribution in [0.5, 0.6) is 5.75 Å². The lowest BCUT2D eigenvalue weighted by molar-refractivity contribution is 0.492. The molecule has 0 spiro atoms. The summed E-state index contributed by atoms with van der Waals surface area (Å²) in [6, 6.07) is 9.84. The van der Waals surface area contributed by atoms with Gasteiger partial charge in [-0.1, -0.05) is 26.8 Å². The summed E-state index contributed by atoms with van der Waals surface area (Å²) < 4.78 is 7.35. The average molecular weight is 440 g/mol. The minimum Gasteiger partial charge on any atom is -0.543 e. The Kier molecular flexibility index (Phi) is 6.01. The first-order valence-electron chi connectivity index (χ1n) is 8.15. The fraction of sp³-hybridized carbons (Fsp3) is 0.389. The monoisotopic (exact) mass is 439 g/mol. The second-order valence-electron chi connectivity index (χ2n) is 7.43. The zero-order valence-electron chi connectivity index (χ0n) is 15.6. The van der Waals surface area contributed by atoms with Crippen molar-refractivity contribution < 1.29 is 4.43 Å². The number of anilines is 2. The average Bonchev–Trinajstić information content (AvgIpc) is 2.87. The Morgan fingerprint density at radius 1 is 1.24 bits per heavy atom. The molecule has 4 nitrogen and oxygen atoms in total. The van der Waals surface area contributed by atoms with Crippen molar-refractivity contribution in [3.05, 3.63) is 39.0 Å². The molecular formula is C18H26BrN3OSSi. The largest absolute Gasteiger partial charge is 0.543 e.